The monoisotopic (exact) mass is 402 g/mol. The highest BCUT2D eigenvalue weighted by Gasteiger charge is 2.15. The van der Waals surface area contributed by atoms with Crippen molar-refractivity contribution in [3.63, 3.8) is 0 Å². The smallest absolute Gasteiger partial charge is 0.165 e. The first-order valence-corrected chi connectivity index (χ1v) is 9.51. The molecule has 0 amide bonds. The summed E-state index contributed by atoms with van der Waals surface area (Å²) in [4.78, 5) is 13.2. The first kappa shape index (κ1) is 19.4. The molecule has 4 aromatic rings. The molecule has 0 atom stereocenters. The third-order valence-corrected chi connectivity index (χ3v) is 4.79. The molecule has 4 rings (SSSR count). The summed E-state index contributed by atoms with van der Waals surface area (Å²) in [5.74, 6) is 2.47. The molecule has 0 aliphatic rings. The van der Waals surface area contributed by atoms with Gasteiger partial charge in [-0.2, -0.15) is 0 Å². The molecule has 7 heteroatoms. The van der Waals surface area contributed by atoms with Crippen LogP contribution in [-0.2, 0) is 0 Å². The van der Waals surface area contributed by atoms with E-state index in [2.05, 4.69) is 9.97 Å². The first-order chi connectivity index (χ1) is 14.6. The fraction of sp³-hybridized carbons (Fsp3) is 0.174. The number of rotatable bonds is 6. The second-order valence-electron chi connectivity index (χ2n) is 6.54. The van der Waals surface area contributed by atoms with Crippen LogP contribution in [0.25, 0.3) is 33.4 Å². The van der Waals surface area contributed by atoms with Crippen LogP contribution < -0.4 is 19.9 Å². The number of pyridine rings is 1. The maximum atomic E-state index is 6.19. The molecule has 0 aliphatic carbocycles. The summed E-state index contributed by atoms with van der Waals surface area (Å²) in [6.07, 6.45) is 1.42. The van der Waals surface area contributed by atoms with Crippen molar-refractivity contribution in [2.75, 3.05) is 26.6 Å². The van der Waals surface area contributed by atoms with E-state index in [4.69, 9.17) is 24.9 Å². The molecule has 7 nitrogen and oxygen atoms in total. The highest BCUT2D eigenvalue weighted by molar-refractivity contribution is 6.01. The van der Waals surface area contributed by atoms with Gasteiger partial charge in [-0.3, -0.25) is 0 Å². The van der Waals surface area contributed by atoms with E-state index < -0.39 is 0 Å². The molecule has 0 aliphatic heterocycles. The van der Waals surface area contributed by atoms with E-state index in [9.17, 15) is 0 Å². The number of ether oxygens (including phenoxy) is 3. The third-order valence-electron chi connectivity index (χ3n) is 4.79. The Morgan fingerprint density at radius 3 is 2.30 bits per heavy atom. The Hall–Kier alpha value is -3.87. The van der Waals surface area contributed by atoms with Gasteiger partial charge in [0.2, 0.25) is 0 Å². The minimum absolute atomic E-state index is 0.384. The summed E-state index contributed by atoms with van der Waals surface area (Å²) in [5, 5.41) is 0.714. The molecular weight excluding hydrogens is 380 g/mol. The lowest BCUT2D eigenvalue weighted by Gasteiger charge is -2.13. The average molecular weight is 402 g/mol. The summed E-state index contributed by atoms with van der Waals surface area (Å²) < 4.78 is 16.3. The minimum Gasteiger partial charge on any atom is -0.494 e. The molecule has 0 saturated heterocycles. The highest BCUT2D eigenvalue weighted by Crippen LogP contribution is 2.37. The van der Waals surface area contributed by atoms with E-state index in [0.717, 1.165) is 28.1 Å². The lowest BCUT2D eigenvalue weighted by molar-refractivity contribution is 0.340. The maximum Gasteiger partial charge on any atom is 0.165 e. The van der Waals surface area contributed by atoms with Crippen LogP contribution in [0, 0.1) is 0 Å². The minimum atomic E-state index is 0.384. The van der Waals surface area contributed by atoms with E-state index >= 15 is 0 Å². The lowest BCUT2D eigenvalue weighted by Crippen LogP contribution is -1.99. The standard InChI is InChI=1S/C23H22N4O3/c1-4-30-16-8-5-14(6-9-16)17-12-18(27-23-21(17)22(24)25-13-26-23)15-7-10-19(28-2)20(11-15)29-3/h5-13H,4H2,1-3H3,(H2,24,25,26,27). The number of methoxy groups -OCH3 is 2. The van der Waals surface area contributed by atoms with Crippen molar-refractivity contribution < 1.29 is 14.2 Å². The van der Waals surface area contributed by atoms with Crippen molar-refractivity contribution >= 4 is 16.9 Å². The number of hydrogen-bond acceptors (Lipinski definition) is 7. The normalized spacial score (nSPS) is 10.8. The molecule has 0 spiro atoms. The van der Waals surface area contributed by atoms with Gasteiger partial charge in [-0.25, -0.2) is 15.0 Å². The van der Waals surface area contributed by atoms with Crippen molar-refractivity contribution in [3.8, 4) is 39.6 Å². The number of nitrogens with two attached hydrogens (primary N) is 1. The van der Waals surface area contributed by atoms with Crippen LogP contribution in [0.1, 0.15) is 6.92 Å². The Morgan fingerprint density at radius 1 is 0.867 bits per heavy atom. The van der Waals surface area contributed by atoms with Crippen molar-refractivity contribution in [2.45, 2.75) is 6.92 Å². The summed E-state index contributed by atoms with van der Waals surface area (Å²) in [6, 6.07) is 15.5. The maximum absolute atomic E-state index is 6.19. The van der Waals surface area contributed by atoms with E-state index in [0.29, 0.717) is 35.0 Å². The Bertz CT molecular complexity index is 1190. The fourth-order valence-corrected chi connectivity index (χ4v) is 3.36. The Labute approximate surface area is 174 Å². The van der Waals surface area contributed by atoms with Crippen molar-refractivity contribution in [2.24, 2.45) is 0 Å². The van der Waals surface area contributed by atoms with Crippen molar-refractivity contribution in [1.29, 1.82) is 0 Å². The summed E-state index contributed by atoms with van der Waals surface area (Å²) in [5.41, 5.74) is 10.2. The highest BCUT2D eigenvalue weighted by atomic mass is 16.5. The predicted molar refractivity (Wildman–Crippen MR) is 117 cm³/mol. The van der Waals surface area contributed by atoms with Gasteiger partial charge in [-0.05, 0) is 54.4 Å². The molecule has 152 valence electrons. The molecule has 0 fully saturated rings. The number of aromatic nitrogens is 3. The van der Waals surface area contributed by atoms with E-state index in [-0.39, 0.29) is 0 Å². The second-order valence-corrected chi connectivity index (χ2v) is 6.54. The van der Waals surface area contributed by atoms with Crippen molar-refractivity contribution in [3.05, 3.63) is 54.9 Å². The van der Waals surface area contributed by atoms with Crippen LogP contribution in [0.5, 0.6) is 17.2 Å². The largest absolute Gasteiger partial charge is 0.494 e. The van der Waals surface area contributed by atoms with Crippen LogP contribution in [0.15, 0.2) is 54.9 Å². The van der Waals surface area contributed by atoms with E-state index in [1.54, 1.807) is 14.2 Å². The van der Waals surface area contributed by atoms with Gasteiger partial charge in [0.15, 0.2) is 17.1 Å². The zero-order chi connectivity index (χ0) is 21.1. The molecule has 2 aromatic heterocycles. The van der Waals surface area contributed by atoms with Crippen LogP contribution in [-0.4, -0.2) is 35.8 Å². The Balaban J connectivity index is 1.91. The molecule has 30 heavy (non-hydrogen) atoms. The fourth-order valence-electron chi connectivity index (χ4n) is 3.36. The van der Waals surface area contributed by atoms with Gasteiger partial charge >= 0.3 is 0 Å². The Morgan fingerprint density at radius 2 is 1.60 bits per heavy atom. The van der Waals surface area contributed by atoms with Crippen LogP contribution >= 0.6 is 0 Å². The number of nitrogen functional groups attached to an aromatic ring is 1. The zero-order valence-electron chi connectivity index (χ0n) is 17.0. The Kier molecular flexibility index (Phi) is 5.34. The van der Waals surface area contributed by atoms with Crippen LogP contribution in [0.2, 0.25) is 0 Å². The summed E-state index contributed by atoms with van der Waals surface area (Å²) in [7, 11) is 3.21. The number of anilines is 1. The van der Waals surface area contributed by atoms with Gasteiger partial charge in [0.05, 0.1) is 31.9 Å². The second kappa shape index (κ2) is 8.24. The number of fused-ring (bicyclic) bond motifs is 1. The number of nitrogens with zero attached hydrogens (tertiary/aromatic N) is 3. The number of benzene rings is 2. The quantitative estimate of drug-likeness (QED) is 0.512. The molecule has 2 aromatic carbocycles. The van der Waals surface area contributed by atoms with E-state index in [1.807, 2.05) is 55.5 Å². The topological polar surface area (TPSA) is 92.4 Å². The molecule has 0 saturated carbocycles. The lowest BCUT2D eigenvalue weighted by atomic mass is 9.99. The van der Waals surface area contributed by atoms with Crippen LogP contribution in [0.4, 0.5) is 5.82 Å². The number of hydrogen-bond donors (Lipinski definition) is 1. The third kappa shape index (κ3) is 3.57. The van der Waals surface area contributed by atoms with Gasteiger partial charge in [0, 0.05) is 5.56 Å². The van der Waals surface area contributed by atoms with Gasteiger partial charge in [0.1, 0.15) is 17.9 Å². The molecule has 0 bridgehead atoms. The molecular formula is C23H22N4O3. The molecule has 0 radical (unpaired) electrons. The zero-order valence-corrected chi connectivity index (χ0v) is 17.0. The van der Waals surface area contributed by atoms with Gasteiger partial charge in [0.25, 0.3) is 0 Å². The van der Waals surface area contributed by atoms with Gasteiger partial charge < -0.3 is 19.9 Å². The van der Waals surface area contributed by atoms with Crippen molar-refractivity contribution in [1.82, 2.24) is 15.0 Å². The summed E-state index contributed by atoms with van der Waals surface area (Å²) >= 11 is 0. The van der Waals surface area contributed by atoms with Gasteiger partial charge in [-0.15, -0.1) is 0 Å². The molecule has 0 unspecified atom stereocenters. The first-order valence-electron chi connectivity index (χ1n) is 9.51. The predicted octanol–water partition coefficient (Wildman–Crippen LogP) is 4.36. The van der Waals surface area contributed by atoms with E-state index in [1.165, 1.54) is 6.33 Å². The SMILES string of the molecule is CCOc1ccc(-c2cc(-c3ccc(OC)c(OC)c3)nc3ncnc(N)c23)cc1. The van der Waals surface area contributed by atoms with Crippen LogP contribution in [0.3, 0.4) is 0 Å². The summed E-state index contributed by atoms with van der Waals surface area (Å²) in [6.45, 7) is 2.57. The molecule has 2 N–H and O–H groups in total. The molecule has 2 heterocycles. The van der Waals surface area contributed by atoms with Gasteiger partial charge in [-0.1, -0.05) is 12.1 Å². The average Bonchev–Trinajstić information content (AvgIpc) is 2.79.